The van der Waals surface area contributed by atoms with Gasteiger partial charge in [-0.05, 0) is 42.0 Å². The molecule has 3 nitrogen and oxygen atoms in total. The third-order valence-corrected chi connectivity index (χ3v) is 5.23. The molecule has 0 radical (unpaired) electrons. The second-order valence-corrected chi connectivity index (χ2v) is 7.46. The van der Waals surface area contributed by atoms with Crippen molar-refractivity contribution in [3.05, 3.63) is 98.0 Å². The van der Waals surface area contributed by atoms with Crippen LogP contribution >= 0.6 is 27.5 Å². The second-order valence-electron chi connectivity index (χ2n) is 6.13. The van der Waals surface area contributed by atoms with E-state index in [0.29, 0.717) is 27.3 Å². The zero-order chi connectivity index (χ0) is 19.7. The molecule has 0 aliphatic carbocycles. The van der Waals surface area contributed by atoms with Crippen LogP contribution in [0.1, 0.15) is 5.56 Å². The fourth-order valence-electron chi connectivity index (χ4n) is 2.85. The highest BCUT2D eigenvalue weighted by atomic mass is 79.9. The van der Waals surface area contributed by atoms with Gasteiger partial charge >= 0.3 is 0 Å². The summed E-state index contributed by atoms with van der Waals surface area (Å²) in [6.07, 6.45) is 1.44. The van der Waals surface area contributed by atoms with E-state index in [-0.39, 0.29) is 17.6 Å². The maximum atomic E-state index is 13.9. The van der Waals surface area contributed by atoms with Gasteiger partial charge in [-0.1, -0.05) is 45.7 Å². The van der Waals surface area contributed by atoms with Crippen molar-refractivity contribution in [3.8, 4) is 16.9 Å². The first-order valence-corrected chi connectivity index (χ1v) is 9.57. The number of hydrogen-bond acceptors (Lipinski definition) is 3. The summed E-state index contributed by atoms with van der Waals surface area (Å²) < 4.78 is 26.1. The van der Waals surface area contributed by atoms with Crippen molar-refractivity contribution >= 4 is 38.5 Å². The zero-order valence-electron chi connectivity index (χ0n) is 14.4. The third kappa shape index (κ3) is 3.68. The molecule has 6 heteroatoms. The van der Waals surface area contributed by atoms with Crippen LogP contribution < -0.4 is 10.2 Å². The van der Waals surface area contributed by atoms with Gasteiger partial charge in [-0.25, -0.2) is 4.39 Å². The topological polar surface area (TPSA) is 39.4 Å². The van der Waals surface area contributed by atoms with Gasteiger partial charge in [0, 0.05) is 16.1 Å². The van der Waals surface area contributed by atoms with E-state index in [0.717, 1.165) is 10.0 Å². The lowest BCUT2D eigenvalue weighted by atomic mass is 10.1. The van der Waals surface area contributed by atoms with E-state index >= 15 is 0 Å². The number of halogens is 3. The number of benzene rings is 3. The minimum Gasteiger partial charge on any atom is -0.489 e. The van der Waals surface area contributed by atoms with Crippen LogP contribution in [0.4, 0.5) is 4.39 Å². The Labute approximate surface area is 173 Å². The van der Waals surface area contributed by atoms with E-state index < -0.39 is 5.82 Å². The Morgan fingerprint density at radius 1 is 1.07 bits per heavy atom. The molecule has 140 valence electrons. The monoisotopic (exact) mass is 458 g/mol. The summed E-state index contributed by atoms with van der Waals surface area (Å²) in [5, 5.41) is 0.739. The highest BCUT2D eigenvalue weighted by molar-refractivity contribution is 9.10. The smallest absolute Gasteiger partial charge is 0.200 e. The molecule has 0 spiro atoms. The molecule has 1 aromatic heterocycles. The van der Waals surface area contributed by atoms with Crippen molar-refractivity contribution in [2.45, 2.75) is 6.61 Å². The van der Waals surface area contributed by atoms with E-state index in [1.54, 1.807) is 24.3 Å². The molecule has 0 atom stereocenters. The molecule has 28 heavy (non-hydrogen) atoms. The van der Waals surface area contributed by atoms with Crippen LogP contribution in [0.25, 0.3) is 22.1 Å². The van der Waals surface area contributed by atoms with Crippen LogP contribution in [0.5, 0.6) is 5.75 Å². The predicted molar refractivity (Wildman–Crippen MR) is 111 cm³/mol. The summed E-state index contributed by atoms with van der Waals surface area (Å²) in [4.78, 5) is 12.8. The van der Waals surface area contributed by atoms with Crippen LogP contribution in [0.2, 0.25) is 5.02 Å². The number of rotatable bonds is 4. The molecular weight excluding hydrogens is 447 g/mol. The average Bonchev–Trinajstić information content (AvgIpc) is 2.69. The fraction of sp³-hybridized carbons (Fsp3) is 0.0455. The molecule has 0 saturated heterocycles. The summed E-state index contributed by atoms with van der Waals surface area (Å²) >= 11 is 9.39. The van der Waals surface area contributed by atoms with Crippen LogP contribution in [0, 0.1) is 5.82 Å². The molecule has 0 unspecified atom stereocenters. The Hall–Kier alpha value is -2.63. The van der Waals surface area contributed by atoms with Crippen LogP contribution in [0.3, 0.4) is 0 Å². The van der Waals surface area contributed by atoms with Crippen molar-refractivity contribution in [3.63, 3.8) is 0 Å². The summed E-state index contributed by atoms with van der Waals surface area (Å²) in [6.45, 7) is -0.0295. The van der Waals surface area contributed by atoms with E-state index in [4.69, 9.17) is 20.8 Å². The van der Waals surface area contributed by atoms with Gasteiger partial charge < -0.3 is 9.15 Å². The summed E-state index contributed by atoms with van der Waals surface area (Å²) in [5.41, 5.74) is 1.78. The van der Waals surface area contributed by atoms with Gasteiger partial charge in [0.2, 0.25) is 0 Å². The van der Waals surface area contributed by atoms with Crippen molar-refractivity contribution in [2.24, 2.45) is 0 Å². The van der Waals surface area contributed by atoms with Gasteiger partial charge in [-0.15, -0.1) is 0 Å². The van der Waals surface area contributed by atoms with Gasteiger partial charge in [0.05, 0.1) is 16.0 Å². The zero-order valence-corrected chi connectivity index (χ0v) is 16.8. The Morgan fingerprint density at radius 2 is 1.86 bits per heavy atom. The summed E-state index contributed by atoms with van der Waals surface area (Å²) in [5.74, 6) is 0.0188. The lowest BCUT2D eigenvalue weighted by Gasteiger charge is -2.09. The Bertz CT molecular complexity index is 1200. The first-order valence-electron chi connectivity index (χ1n) is 8.40. The van der Waals surface area contributed by atoms with Gasteiger partial charge in [0.25, 0.3) is 0 Å². The summed E-state index contributed by atoms with van der Waals surface area (Å²) in [7, 11) is 0. The van der Waals surface area contributed by atoms with Gasteiger partial charge in [-0.3, -0.25) is 4.79 Å². The highest BCUT2D eigenvalue weighted by Crippen LogP contribution is 2.26. The molecular formula is C22H13BrClFO3. The maximum absolute atomic E-state index is 13.9. The second kappa shape index (κ2) is 7.78. The minimum absolute atomic E-state index is 0.0295. The first kappa shape index (κ1) is 18.7. The van der Waals surface area contributed by atoms with Crippen molar-refractivity contribution in [1.29, 1.82) is 0 Å². The molecule has 0 saturated carbocycles. The van der Waals surface area contributed by atoms with Crippen molar-refractivity contribution in [1.82, 2.24) is 0 Å². The Kier molecular flexibility index (Phi) is 5.20. The van der Waals surface area contributed by atoms with Crippen LogP contribution in [0.15, 0.2) is 80.6 Å². The van der Waals surface area contributed by atoms with E-state index in [9.17, 15) is 9.18 Å². The molecule has 0 aliphatic heterocycles. The van der Waals surface area contributed by atoms with Gasteiger partial charge in [0.1, 0.15) is 30.0 Å². The molecule has 4 rings (SSSR count). The molecule has 0 amide bonds. The largest absolute Gasteiger partial charge is 0.489 e. The predicted octanol–water partition coefficient (Wildman–Crippen LogP) is 6.59. The first-order chi connectivity index (χ1) is 13.5. The SMILES string of the molecule is O=c1c(-c2ccc(Br)cc2)coc2cc(OCc3c(F)cccc3Cl)ccc12. The number of fused-ring (bicyclic) bond motifs is 1. The van der Waals surface area contributed by atoms with Gasteiger partial charge in [0.15, 0.2) is 5.43 Å². The molecule has 0 fully saturated rings. The normalized spacial score (nSPS) is 11.0. The maximum Gasteiger partial charge on any atom is 0.200 e. The van der Waals surface area contributed by atoms with Gasteiger partial charge in [-0.2, -0.15) is 0 Å². The van der Waals surface area contributed by atoms with Crippen LogP contribution in [-0.2, 0) is 6.61 Å². The molecule has 3 aromatic carbocycles. The molecule has 0 N–H and O–H groups in total. The quantitative estimate of drug-likeness (QED) is 0.345. The average molecular weight is 460 g/mol. The van der Waals surface area contributed by atoms with Crippen molar-refractivity contribution in [2.75, 3.05) is 0 Å². The molecule has 4 aromatic rings. The Balaban J connectivity index is 1.64. The standard InChI is InChI=1S/C22H13BrClFO3/c23-14-6-4-13(5-7-14)17-11-28-21-10-15(8-9-16(21)22(17)26)27-12-18-19(24)2-1-3-20(18)25/h1-11H,12H2. The third-order valence-electron chi connectivity index (χ3n) is 4.35. The van der Waals surface area contributed by atoms with Crippen molar-refractivity contribution < 1.29 is 13.5 Å². The van der Waals surface area contributed by atoms with Crippen LogP contribution in [-0.4, -0.2) is 0 Å². The Morgan fingerprint density at radius 3 is 2.61 bits per heavy atom. The molecule has 0 aliphatic rings. The van der Waals surface area contributed by atoms with E-state index in [1.165, 1.54) is 18.4 Å². The summed E-state index contributed by atoms with van der Waals surface area (Å²) in [6, 6.07) is 16.8. The number of hydrogen-bond donors (Lipinski definition) is 0. The van der Waals surface area contributed by atoms with E-state index in [1.807, 2.05) is 24.3 Å². The molecule has 1 heterocycles. The van der Waals surface area contributed by atoms with E-state index in [2.05, 4.69) is 15.9 Å². The fourth-order valence-corrected chi connectivity index (χ4v) is 3.33. The minimum atomic E-state index is -0.432. The number of ether oxygens (including phenoxy) is 1. The lowest BCUT2D eigenvalue weighted by Crippen LogP contribution is -2.05. The lowest BCUT2D eigenvalue weighted by molar-refractivity contribution is 0.300. The molecule has 0 bridgehead atoms. The highest BCUT2D eigenvalue weighted by Gasteiger charge is 2.12.